The number of urea groups is 1. The number of hydrogen-bond donors (Lipinski definition) is 2. The van der Waals surface area contributed by atoms with Gasteiger partial charge in [0.05, 0.1) is 6.10 Å². The molecule has 1 aliphatic rings. The lowest BCUT2D eigenvalue weighted by molar-refractivity contribution is 0.0507. The summed E-state index contributed by atoms with van der Waals surface area (Å²) in [5.74, 6) is 1.12. The third-order valence-corrected chi connectivity index (χ3v) is 4.81. The van der Waals surface area contributed by atoms with E-state index in [1.54, 1.807) is 25.3 Å². The molecule has 0 unspecified atom stereocenters. The fourth-order valence-corrected chi connectivity index (χ4v) is 3.40. The number of amides is 2. The molecule has 1 fully saturated rings. The van der Waals surface area contributed by atoms with Gasteiger partial charge in [0.25, 0.3) is 0 Å². The molecule has 1 aromatic carbocycles. The van der Waals surface area contributed by atoms with Crippen LogP contribution in [0.1, 0.15) is 20.3 Å². The molecule has 1 saturated heterocycles. The SMILES string of the molecule is CC[C@H]1CN(C(=O)Nc2ccnc(Oc3ccccc3)c2)CCN1C[C@H](C)O. The molecule has 0 spiro atoms. The van der Waals surface area contributed by atoms with Crippen molar-refractivity contribution in [2.75, 3.05) is 31.5 Å². The van der Waals surface area contributed by atoms with Crippen LogP contribution in [-0.2, 0) is 0 Å². The predicted octanol–water partition coefficient (Wildman–Crippen LogP) is 3.18. The van der Waals surface area contributed by atoms with Crippen molar-refractivity contribution in [1.29, 1.82) is 0 Å². The van der Waals surface area contributed by atoms with Crippen molar-refractivity contribution in [3.05, 3.63) is 48.7 Å². The number of β-amino-alcohol motifs (C(OH)–C–C–N with tert-alkyl or cyclic N) is 1. The summed E-state index contributed by atoms with van der Waals surface area (Å²) in [6.07, 6.45) is 2.18. The van der Waals surface area contributed by atoms with Gasteiger partial charge in [-0.1, -0.05) is 25.1 Å². The van der Waals surface area contributed by atoms with Crippen LogP contribution in [-0.4, -0.2) is 64.2 Å². The fourth-order valence-electron chi connectivity index (χ4n) is 3.40. The molecule has 0 saturated carbocycles. The van der Waals surface area contributed by atoms with E-state index in [0.29, 0.717) is 37.0 Å². The van der Waals surface area contributed by atoms with E-state index in [0.717, 1.165) is 13.0 Å². The van der Waals surface area contributed by atoms with E-state index in [9.17, 15) is 9.90 Å². The highest BCUT2D eigenvalue weighted by Crippen LogP contribution is 2.22. The minimum Gasteiger partial charge on any atom is -0.439 e. The van der Waals surface area contributed by atoms with E-state index in [-0.39, 0.29) is 18.2 Å². The van der Waals surface area contributed by atoms with Gasteiger partial charge in [-0.2, -0.15) is 0 Å². The summed E-state index contributed by atoms with van der Waals surface area (Å²) in [7, 11) is 0. The number of piperazine rings is 1. The molecular formula is C21H28N4O3. The Morgan fingerprint density at radius 1 is 1.32 bits per heavy atom. The molecule has 2 amide bonds. The first-order valence-electron chi connectivity index (χ1n) is 9.72. The molecule has 1 aromatic heterocycles. The summed E-state index contributed by atoms with van der Waals surface area (Å²) in [5, 5.41) is 12.6. The lowest BCUT2D eigenvalue weighted by atomic mass is 10.1. The minimum atomic E-state index is -0.366. The number of hydrogen-bond acceptors (Lipinski definition) is 5. The first kappa shape index (κ1) is 20.1. The van der Waals surface area contributed by atoms with Crippen LogP contribution in [0.4, 0.5) is 10.5 Å². The maximum absolute atomic E-state index is 12.7. The normalized spacial score (nSPS) is 18.5. The number of rotatable bonds is 6. The van der Waals surface area contributed by atoms with E-state index in [4.69, 9.17) is 4.74 Å². The summed E-state index contributed by atoms with van der Waals surface area (Å²) in [6, 6.07) is 13.0. The zero-order valence-electron chi connectivity index (χ0n) is 16.4. The maximum Gasteiger partial charge on any atom is 0.321 e. The van der Waals surface area contributed by atoms with Gasteiger partial charge < -0.3 is 20.1 Å². The number of aliphatic hydroxyl groups excluding tert-OH is 1. The van der Waals surface area contributed by atoms with Crippen molar-refractivity contribution in [3.8, 4) is 11.6 Å². The molecule has 0 aliphatic carbocycles. The van der Waals surface area contributed by atoms with Crippen LogP contribution in [0.5, 0.6) is 11.6 Å². The monoisotopic (exact) mass is 384 g/mol. The van der Waals surface area contributed by atoms with E-state index in [1.165, 1.54) is 0 Å². The number of anilines is 1. The second kappa shape index (κ2) is 9.52. The number of aromatic nitrogens is 1. The lowest BCUT2D eigenvalue weighted by Gasteiger charge is -2.41. The van der Waals surface area contributed by atoms with Crippen molar-refractivity contribution in [1.82, 2.24) is 14.8 Å². The number of aliphatic hydroxyl groups is 1. The molecule has 150 valence electrons. The van der Waals surface area contributed by atoms with Gasteiger partial charge in [-0.25, -0.2) is 9.78 Å². The van der Waals surface area contributed by atoms with Crippen molar-refractivity contribution in [2.45, 2.75) is 32.4 Å². The topological polar surface area (TPSA) is 77.9 Å². The Balaban J connectivity index is 1.59. The van der Waals surface area contributed by atoms with Crippen LogP contribution < -0.4 is 10.1 Å². The Bertz CT molecular complexity index is 769. The van der Waals surface area contributed by atoms with E-state index >= 15 is 0 Å². The van der Waals surface area contributed by atoms with Gasteiger partial charge >= 0.3 is 6.03 Å². The van der Waals surface area contributed by atoms with Gasteiger partial charge in [-0.05, 0) is 31.5 Å². The molecule has 3 rings (SSSR count). The quantitative estimate of drug-likeness (QED) is 0.800. The second-order valence-electron chi connectivity index (χ2n) is 7.08. The number of ether oxygens (including phenoxy) is 1. The Hall–Kier alpha value is -2.64. The summed E-state index contributed by atoms with van der Waals surface area (Å²) in [6.45, 7) is 6.58. The van der Waals surface area contributed by atoms with Crippen LogP contribution in [0.25, 0.3) is 0 Å². The highest BCUT2D eigenvalue weighted by molar-refractivity contribution is 5.89. The minimum absolute atomic E-state index is 0.132. The lowest BCUT2D eigenvalue weighted by Crippen LogP contribution is -2.56. The number of carbonyl (C=O) groups excluding carboxylic acids is 1. The smallest absolute Gasteiger partial charge is 0.321 e. The number of para-hydroxylation sites is 1. The third kappa shape index (κ3) is 5.43. The number of benzene rings is 1. The van der Waals surface area contributed by atoms with E-state index < -0.39 is 0 Å². The molecule has 7 nitrogen and oxygen atoms in total. The van der Waals surface area contributed by atoms with Crippen molar-refractivity contribution < 1.29 is 14.6 Å². The number of carbonyl (C=O) groups is 1. The fraction of sp³-hybridized carbons (Fsp3) is 0.429. The largest absolute Gasteiger partial charge is 0.439 e. The third-order valence-electron chi connectivity index (χ3n) is 4.81. The summed E-state index contributed by atoms with van der Waals surface area (Å²) in [4.78, 5) is 21.0. The van der Waals surface area contributed by atoms with Crippen LogP contribution in [0, 0.1) is 0 Å². The van der Waals surface area contributed by atoms with Crippen molar-refractivity contribution >= 4 is 11.7 Å². The Kier molecular flexibility index (Phi) is 6.84. The molecular weight excluding hydrogens is 356 g/mol. The van der Waals surface area contributed by atoms with Crippen LogP contribution >= 0.6 is 0 Å². The molecule has 2 N–H and O–H groups in total. The number of nitrogens with one attached hydrogen (secondary N) is 1. The summed E-state index contributed by atoms with van der Waals surface area (Å²) in [5.41, 5.74) is 0.644. The van der Waals surface area contributed by atoms with Gasteiger partial charge in [0.1, 0.15) is 5.75 Å². The molecule has 0 radical (unpaired) electrons. The van der Waals surface area contributed by atoms with Gasteiger partial charge in [0.2, 0.25) is 5.88 Å². The summed E-state index contributed by atoms with van der Waals surface area (Å²) >= 11 is 0. The summed E-state index contributed by atoms with van der Waals surface area (Å²) < 4.78 is 5.73. The van der Waals surface area contributed by atoms with Gasteiger partial charge in [0.15, 0.2) is 0 Å². The molecule has 2 heterocycles. The number of pyridine rings is 1. The Morgan fingerprint density at radius 3 is 2.82 bits per heavy atom. The van der Waals surface area contributed by atoms with Crippen LogP contribution in [0.3, 0.4) is 0 Å². The molecule has 2 aromatic rings. The molecule has 28 heavy (non-hydrogen) atoms. The molecule has 2 atom stereocenters. The second-order valence-corrected chi connectivity index (χ2v) is 7.08. The first-order valence-corrected chi connectivity index (χ1v) is 9.72. The maximum atomic E-state index is 12.7. The average molecular weight is 384 g/mol. The van der Waals surface area contributed by atoms with Gasteiger partial charge in [-0.15, -0.1) is 0 Å². The number of nitrogens with zero attached hydrogens (tertiary/aromatic N) is 3. The standard InChI is InChI=1S/C21H28N4O3/c1-3-18-15-25(12-11-24(18)14-16(2)26)21(27)23-17-9-10-22-20(13-17)28-19-7-5-4-6-8-19/h4-10,13,16,18,26H,3,11-12,14-15H2,1-2H3,(H,22,23,27)/t16-,18-/m0/s1. The first-order chi connectivity index (χ1) is 13.5. The average Bonchev–Trinajstić information content (AvgIpc) is 2.69. The molecule has 0 bridgehead atoms. The Labute approximate surface area is 165 Å². The molecule has 1 aliphatic heterocycles. The zero-order chi connectivity index (χ0) is 19.9. The van der Waals surface area contributed by atoms with E-state index in [1.807, 2.05) is 35.2 Å². The van der Waals surface area contributed by atoms with Crippen molar-refractivity contribution in [3.63, 3.8) is 0 Å². The van der Waals surface area contributed by atoms with E-state index in [2.05, 4.69) is 22.1 Å². The predicted molar refractivity (Wildman–Crippen MR) is 109 cm³/mol. The highest BCUT2D eigenvalue weighted by Gasteiger charge is 2.29. The van der Waals surface area contributed by atoms with Crippen LogP contribution in [0.15, 0.2) is 48.7 Å². The molecule has 7 heteroatoms. The van der Waals surface area contributed by atoms with Gasteiger partial charge in [-0.3, -0.25) is 4.90 Å². The van der Waals surface area contributed by atoms with Crippen molar-refractivity contribution in [2.24, 2.45) is 0 Å². The highest BCUT2D eigenvalue weighted by atomic mass is 16.5. The van der Waals surface area contributed by atoms with Gasteiger partial charge in [0, 0.05) is 50.2 Å². The van der Waals surface area contributed by atoms with Crippen LogP contribution in [0.2, 0.25) is 0 Å². The Morgan fingerprint density at radius 2 is 2.11 bits per heavy atom. The zero-order valence-corrected chi connectivity index (χ0v) is 16.4.